The molecule has 0 saturated carbocycles. The van der Waals surface area contributed by atoms with Crippen LogP contribution in [-0.4, -0.2) is 35.3 Å². The van der Waals surface area contributed by atoms with Crippen molar-refractivity contribution in [3.63, 3.8) is 0 Å². The first-order valence-corrected chi connectivity index (χ1v) is 4.75. The fraction of sp³-hybridized carbons (Fsp3) is 0.600. The van der Waals surface area contributed by atoms with Gasteiger partial charge in [0.25, 0.3) is 0 Å². The summed E-state index contributed by atoms with van der Waals surface area (Å²) in [5.41, 5.74) is 0.902. The first-order chi connectivity index (χ1) is 6.80. The lowest BCUT2D eigenvalue weighted by atomic mass is 9.93. The molecule has 15 heavy (non-hydrogen) atoms. The minimum atomic E-state index is -0.429. The summed E-state index contributed by atoms with van der Waals surface area (Å²) < 4.78 is 5.00. The Morgan fingerprint density at radius 3 is 2.47 bits per heavy atom. The maximum absolute atomic E-state index is 11.2. The Hall–Kier alpha value is -1.52. The van der Waals surface area contributed by atoms with Crippen molar-refractivity contribution in [3.05, 3.63) is 11.8 Å². The molecule has 0 unspecified atom stereocenters. The van der Waals surface area contributed by atoms with Crippen molar-refractivity contribution in [1.29, 1.82) is 0 Å². The van der Waals surface area contributed by atoms with Crippen LogP contribution in [0.1, 0.15) is 26.5 Å². The second-order valence-electron chi connectivity index (χ2n) is 4.63. The number of H-pyrrole nitrogens is 1. The molecular weight excluding hydrogens is 194 g/mol. The van der Waals surface area contributed by atoms with Crippen molar-refractivity contribution in [2.75, 3.05) is 14.1 Å². The third-order valence-corrected chi connectivity index (χ3v) is 1.92. The van der Waals surface area contributed by atoms with Gasteiger partial charge < -0.3 is 9.64 Å². The molecule has 1 rings (SSSR count). The van der Waals surface area contributed by atoms with Gasteiger partial charge in [0.2, 0.25) is 5.88 Å². The standard InChI is InChI=1S/C10H17N3O2/c1-10(2,3)7-6-8(12-11-7)15-9(14)13(4)5/h6H,1-5H3,(H,11,12). The summed E-state index contributed by atoms with van der Waals surface area (Å²) in [5.74, 6) is 0.304. The smallest absolute Gasteiger partial charge is 0.389 e. The van der Waals surface area contributed by atoms with Gasteiger partial charge in [-0.15, -0.1) is 5.10 Å². The Bertz CT molecular complexity index is 350. The molecule has 1 heterocycles. The second kappa shape index (κ2) is 3.92. The number of nitrogens with zero attached hydrogens (tertiary/aromatic N) is 2. The van der Waals surface area contributed by atoms with Gasteiger partial charge in [-0.2, -0.15) is 0 Å². The lowest BCUT2D eigenvalue weighted by molar-refractivity contribution is 0.170. The van der Waals surface area contributed by atoms with Crippen LogP contribution in [0.4, 0.5) is 4.79 Å². The van der Waals surface area contributed by atoms with Crippen LogP contribution in [0.5, 0.6) is 5.88 Å². The van der Waals surface area contributed by atoms with E-state index in [1.165, 1.54) is 4.90 Å². The zero-order valence-electron chi connectivity index (χ0n) is 9.79. The molecule has 1 amide bonds. The molecule has 1 aromatic rings. The monoisotopic (exact) mass is 211 g/mol. The molecule has 5 nitrogen and oxygen atoms in total. The van der Waals surface area contributed by atoms with Crippen molar-refractivity contribution < 1.29 is 9.53 Å². The van der Waals surface area contributed by atoms with E-state index in [0.717, 1.165) is 5.69 Å². The summed E-state index contributed by atoms with van der Waals surface area (Å²) in [6.07, 6.45) is -0.429. The average molecular weight is 211 g/mol. The fourth-order valence-electron chi connectivity index (χ4n) is 0.921. The van der Waals surface area contributed by atoms with Crippen LogP contribution in [0.3, 0.4) is 0 Å². The predicted octanol–water partition coefficient (Wildman–Crippen LogP) is 1.77. The third kappa shape index (κ3) is 2.97. The van der Waals surface area contributed by atoms with Crippen LogP contribution in [-0.2, 0) is 5.41 Å². The molecule has 5 heteroatoms. The Morgan fingerprint density at radius 2 is 2.07 bits per heavy atom. The first-order valence-electron chi connectivity index (χ1n) is 4.75. The van der Waals surface area contributed by atoms with Gasteiger partial charge in [0, 0.05) is 31.3 Å². The lowest BCUT2D eigenvalue weighted by Crippen LogP contribution is -2.25. The molecule has 1 aromatic heterocycles. The number of rotatable bonds is 1. The number of aromatic nitrogens is 2. The van der Waals surface area contributed by atoms with E-state index in [4.69, 9.17) is 4.74 Å². The SMILES string of the molecule is CN(C)C(=O)Oc1cc(C(C)(C)C)[nH]n1. The molecule has 0 aromatic carbocycles. The van der Waals surface area contributed by atoms with Gasteiger partial charge in [-0.3, -0.25) is 5.10 Å². The van der Waals surface area contributed by atoms with E-state index in [-0.39, 0.29) is 5.41 Å². The first kappa shape index (κ1) is 11.6. The molecule has 1 N–H and O–H groups in total. The molecule has 0 radical (unpaired) electrons. The topological polar surface area (TPSA) is 58.2 Å². The summed E-state index contributed by atoms with van der Waals surface area (Å²) in [4.78, 5) is 12.6. The maximum atomic E-state index is 11.2. The van der Waals surface area contributed by atoms with E-state index >= 15 is 0 Å². The Labute approximate surface area is 89.4 Å². The highest BCUT2D eigenvalue weighted by Gasteiger charge is 2.18. The number of amides is 1. The predicted molar refractivity (Wildman–Crippen MR) is 57.0 cm³/mol. The Balaban J connectivity index is 2.73. The molecule has 0 aliphatic carbocycles. The minimum Gasteiger partial charge on any atom is -0.389 e. The summed E-state index contributed by atoms with van der Waals surface area (Å²) in [7, 11) is 3.25. The highest BCUT2D eigenvalue weighted by molar-refractivity contribution is 5.69. The van der Waals surface area contributed by atoms with Crippen LogP contribution in [0.25, 0.3) is 0 Å². The number of ether oxygens (including phenoxy) is 1. The minimum absolute atomic E-state index is 0.0320. The number of hydrogen-bond donors (Lipinski definition) is 1. The normalized spacial score (nSPS) is 11.3. The van der Waals surface area contributed by atoms with Gasteiger partial charge in [0.05, 0.1) is 0 Å². The van der Waals surface area contributed by atoms with Gasteiger partial charge in [-0.1, -0.05) is 20.8 Å². The zero-order chi connectivity index (χ0) is 11.6. The van der Waals surface area contributed by atoms with Gasteiger partial charge >= 0.3 is 6.09 Å². The van der Waals surface area contributed by atoms with Gasteiger partial charge in [-0.05, 0) is 0 Å². The molecule has 0 saturated heterocycles. The summed E-state index contributed by atoms with van der Waals surface area (Å²) >= 11 is 0. The molecular formula is C10H17N3O2. The molecule has 0 spiro atoms. The van der Waals surface area contributed by atoms with E-state index in [2.05, 4.69) is 31.0 Å². The lowest BCUT2D eigenvalue weighted by Gasteiger charge is -2.14. The van der Waals surface area contributed by atoms with E-state index in [1.54, 1.807) is 20.2 Å². The molecule has 0 atom stereocenters. The van der Waals surface area contributed by atoms with Gasteiger partial charge in [-0.25, -0.2) is 4.79 Å². The third-order valence-electron chi connectivity index (χ3n) is 1.92. The van der Waals surface area contributed by atoms with Gasteiger partial charge in [0.15, 0.2) is 0 Å². The van der Waals surface area contributed by atoms with Crippen LogP contribution in [0.2, 0.25) is 0 Å². The van der Waals surface area contributed by atoms with Crippen LogP contribution in [0.15, 0.2) is 6.07 Å². The zero-order valence-corrected chi connectivity index (χ0v) is 9.79. The van der Waals surface area contributed by atoms with E-state index in [0.29, 0.717) is 5.88 Å². The van der Waals surface area contributed by atoms with Crippen molar-refractivity contribution >= 4 is 6.09 Å². The maximum Gasteiger partial charge on any atom is 0.416 e. The summed E-state index contributed by atoms with van der Waals surface area (Å²) in [6, 6.07) is 1.74. The number of nitrogens with one attached hydrogen (secondary N) is 1. The highest BCUT2D eigenvalue weighted by Crippen LogP contribution is 2.22. The average Bonchev–Trinajstić information content (AvgIpc) is 2.51. The summed E-state index contributed by atoms with van der Waals surface area (Å²) in [5, 5.41) is 6.75. The van der Waals surface area contributed by atoms with Crippen molar-refractivity contribution in [3.8, 4) is 5.88 Å². The molecule has 0 aliphatic rings. The van der Waals surface area contributed by atoms with Crippen molar-refractivity contribution in [2.24, 2.45) is 0 Å². The van der Waals surface area contributed by atoms with Crippen LogP contribution < -0.4 is 4.74 Å². The Morgan fingerprint density at radius 1 is 1.47 bits per heavy atom. The molecule has 84 valence electrons. The molecule has 0 aliphatic heterocycles. The van der Waals surface area contributed by atoms with Crippen molar-refractivity contribution in [1.82, 2.24) is 15.1 Å². The second-order valence-corrected chi connectivity index (χ2v) is 4.63. The molecule has 0 bridgehead atoms. The Kier molecular flexibility index (Phi) is 3.02. The van der Waals surface area contributed by atoms with Crippen LogP contribution >= 0.6 is 0 Å². The van der Waals surface area contributed by atoms with Gasteiger partial charge in [0.1, 0.15) is 0 Å². The van der Waals surface area contributed by atoms with E-state index < -0.39 is 6.09 Å². The number of hydrogen-bond acceptors (Lipinski definition) is 3. The highest BCUT2D eigenvalue weighted by atomic mass is 16.6. The number of carbonyl (C=O) groups is 1. The number of aromatic amines is 1. The van der Waals surface area contributed by atoms with E-state index in [1.807, 2.05) is 0 Å². The van der Waals surface area contributed by atoms with Crippen LogP contribution in [0, 0.1) is 0 Å². The van der Waals surface area contributed by atoms with E-state index in [9.17, 15) is 4.79 Å². The van der Waals surface area contributed by atoms with Crippen molar-refractivity contribution in [2.45, 2.75) is 26.2 Å². The summed E-state index contributed by atoms with van der Waals surface area (Å²) in [6.45, 7) is 6.16. The fourth-order valence-corrected chi connectivity index (χ4v) is 0.921. The molecule has 0 fully saturated rings. The quantitative estimate of drug-likeness (QED) is 0.770. The largest absolute Gasteiger partial charge is 0.416 e. The number of carbonyl (C=O) groups excluding carboxylic acids is 1.